The molecule has 1 aliphatic rings. The summed E-state index contributed by atoms with van der Waals surface area (Å²) in [6.07, 6.45) is 2.61. The molecule has 9 nitrogen and oxygen atoms in total. The van der Waals surface area contributed by atoms with Crippen LogP contribution >= 0.6 is 0 Å². The number of aromatic nitrogens is 2. The lowest BCUT2D eigenvalue weighted by molar-refractivity contribution is -0.111. The van der Waals surface area contributed by atoms with Crippen molar-refractivity contribution in [2.45, 2.75) is 0 Å². The number of anilines is 6. The van der Waals surface area contributed by atoms with Crippen LogP contribution in [0.4, 0.5) is 43.2 Å². The van der Waals surface area contributed by atoms with Crippen molar-refractivity contribution in [3.8, 4) is 17.0 Å². The molecular weight excluding hydrogens is 530 g/mol. The Morgan fingerprint density at radius 3 is 2.54 bits per heavy atom. The molecule has 1 aromatic heterocycles. The zero-order valence-electron chi connectivity index (χ0n) is 22.3. The minimum atomic E-state index is -0.586. The molecule has 3 aromatic carbocycles. The van der Waals surface area contributed by atoms with Gasteiger partial charge in [-0.25, -0.2) is 18.7 Å². The van der Waals surface area contributed by atoms with Gasteiger partial charge in [-0.3, -0.25) is 4.79 Å². The fraction of sp³-hybridized carbons (Fsp3) is 0.167. The van der Waals surface area contributed by atoms with Crippen LogP contribution in [0.5, 0.6) is 5.75 Å². The first-order valence-electron chi connectivity index (χ1n) is 12.8. The number of rotatable bonds is 9. The maximum Gasteiger partial charge on any atom is 0.247 e. The molecule has 0 radical (unpaired) electrons. The van der Waals surface area contributed by atoms with Crippen molar-refractivity contribution >= 4 is 40.3 Å². The molecule has 1 aliphatic heterocycles. The van der Waals surface area contributed by atoms with E-state index in [0.717, 1.165) is 30.6 Å². The fourth-order valence-electron chi connectivity index (χ4n) is 4.42. The average molecular weight is 559 g/mol. The van der Waals surface area contributed by atoms with Crippen molar-refractivity contribution in [3.05, 3.63) is 91.1 Å². The highest BCUT2D eigenvalue weighted by molar-refractivity contribution is 5.99. The van der Waals surface area contributed by atoms with E-state index >= 15 is 0 Å². The summed E-state index contributed by atoms with van der Waals surface area (Å²) < 4.78 is 39.6. The predicted molar refractivity (Wildman–Crippen MR) is 155 cm³/mol. The van der Waals surface area contributed by atoms with Crippen LogP contribution in [0.1, 0.15) is 0 Å². The SMILES string of the molecule is C=CC(=O)Nc1cc(F)cc(-c2nc(Nc3ccc(OC)c(N4CCOCC4)c3)ncc2Nc2cccc(F)c2)c1. The van der Waals surface area contributed by atoms with Gasteiger partial charge in [-0.1, -0.05) is 12.6 Å². The van der Waals surface area contributed by atoms with Crippen molar-refractivity contribution in [1.82, 2.24) is 9.97 Å². The molecule has 1 amide bonds. The first-order valence-corrected chi connectivity index (χ1v) is 12.8. The Hall–Kier alpha value is -5.03. The van der Waals surface area contributed by atoms with E-state index in [2.05, 4.69) is 37.4 Å². The van der Waals surface area contributed by atoms with Crippen LogP contribution in [0.25, 0.3) is 11.3 Å². The molecule has 11 heteroatoms. The highest BCUT2D eigenvalue weighted by Crippen LogP contribution is 2.35. The van der Waals surface area contributed by atoms with Crippen LogP contribution in [-0.2, 0) is 9.53 Å². The zero-order chi connectivity index (χ0) is 28.8. The topological polar surface area (TPSA) is 101 Å². The number of hydrogen-bond donors (Lipinski definition) is 3. The summed E-state index contributed by atoms with van der Waals surface area (Å²) in [5, 5.41) is 8.89. The van der Waals surface area contributed by atoms with Gasteiger partial charge in [0.05, 0.1) is 43.6 Å². The van der Waals surface area contributed by atoms with Crippen molar-refractivity contribution in [1.29, 1.82) is 0 Å². The standard InChI is InChI=1S/C30H28F2N6O3/c1-3-28(39)35-24-14-19(13-21(32)16-24)29-25(34-22-6-4-5-20(31)15-22)18-33-30(37-29)36-23-7-8-27(40-2)26(17-23)38-9-11-41-12-10-38/h3-8,13-18,34H,1,9-12H2,2H3,(H,35,39)(H,33,36,37). The minimum Gasteiger partial charge on any atom is -0.495 e. The zero-order valence-corrected chi connectivity index (χ0v) is 22.3. The summed E-state index contributed by atoms with van der Waals surface area (Å²) in [5.41, 5.74) is 3.37. The minimum absolute atomic E-state index is 0.222. The number of benzene rings is 3. The van der Waals surface area contributed by atoms with Gasteiger partial charge < -0.3 is 30.3 Å². The van der Waals surface area contributed by atoms with Crippen LogP contribution in [0.3, 0.4) is 0 Å². The Balaban J connectivity index is 1.53. The Labute approximate surface area is 235 Å². The summed E-state index contributed by atoms with van der Waals surface area (Å²) in [4.78, 5) is 23.2. The Bertz CT molecular complexity index is 1580. The van der Waals surface area contributed by atoms with Gasteiger partial charge in [0.1, 0.15) is 17.4 Å². The van der Waals surface area contributed by atoms with Crippen molar-refractivity contribution < 1.29 is 23.0 Å². The molecule has 210 valence electrons. The summed E-state index contributed by atoms with van der Waals surface area (Å²) in [6, 6.07) is 15.6. The van der Waals surface area contributed by atoms with E-state index in [9.17, 15) is 13.6 Å². The van der Waals surface area contributed by atoms with E-state index in [1.54, 1.807) is 25.3 Å². The number of amides is 1. The fourth-order valence-corrected chi connectivity index (χ4v) is 4.42. The van der Waals surface area contributed by atoms with Crippen molar-refractivity contribution in [2.75, 3.05) is 54.3 Å². The van der Waals surface area contributed by atoms with Crippen LogP contribution in [0.2, 0.25) is 0 Å². The lowest BCUT2D eigenvalue weighted by Gasteiger charge is -2.30. The molecule has 3 N–H and O–H groups in total. The van der Waals surface area contributed by atoms with Gasteiger partial charge in [0.25, 0.3) is 0 Å². The van der Waals surface area contributed by atoms with Gasteiger partial charge in [-0.05, 0) is 60.7 Å². The molecule has 0 atom stereocenters. The van der Waals surface area contributed by atoms with E-state index in [4.69, 9.17) is 9.47 Å². The lowest BCUT2D eigenvalue weighted by Crippen LogP contribution is -2.36. The van der Waals surface area contributed by atoms with Gasteiger partial charge in [0.2, 0.25) is 11.9 Å². The van der Waals surface area contributed by atoms with Crippen LogP contribution in [-0.4, -0.2) is 49.3 Å². The van der Waals surface area contributed by atoms with Gasteiger partial charge in [0, 0.05) is 35.7 Å². The van der Waals surface area contributed by atoms with Crippen LogP contribution < -0.4 is 25.6 Å². The Morgan fingerprint density at radius 1 is 1.00 bits per heavy atom. The third-order valence-electron chi connectivity index (χ3n) is 6.30. The third kappa shape index (κ3) is 6.76. The van der Waals surface area contributed by atoms with E-state index in [0.29, 0.717) is 41.5 Å². The third-order valence-corrected chi connectivity index (χ3v) is 6.30. The number of halogens is 2. The molecule has 2 heterocycles. The molecule has 5 rings (SSSR count). The number of nitrogens with one attached hydrogen (secondary N) is 3. The number of carbonyl (C=O) groups excluding carboxylic acids is 1. The summed E-state index contributed by atoms with van der Waals surface area (Å²) in [6.45, 7) is 6.13. The lowest BCUT2D eigenvalue weighted by atomic mass is 10.1. The Kier molecular flexibility index (Phi) is 8.35. The molecule has 1 saturated heterocycles. The molecular formula is C30H28F2N6O3. The second kappa shape index (κ2) is 12.4. The molecule has 0 saturated carbocycles. The average Bonchev–Trinajstić information content (AvgIpc) is 2.98. The highest BCUT2D eigenvalue weighted by atomic mass is 19.1. The van der Waals surface area contributed by atoms with E-state index < -0.39 is 17.5 Å². The number of carbonyl (C=O) groups is 1. The van der Waals surface area contributed by atoms with Gasteiger partial charge in [0.15, 0.2) is 0 Å². The maximum absolute atomic E-state index is 14.7. The summed E-state index contributed by atoms with van der Waals surface area (Å²) in [5.74, 6) is -0.532. The van der Waals surface area contributed by atoms with Gasteiger partial charge >= 0.3 is 0 Å². The largest absolute Gasteiger partial charge is 0.495 e. The smallest absolute Gasteiger partial charge is 0.247 e. The summed E-state index contributed by atoms with van der Waals surface area (Å²) in [7, 11) is 1.62. The second-order valence-electron chi connectivity index (χ2n) is 9.12. The normalized spacial score (nSPS) is 12.9. The molecule has 0 spiro atoms. The van der Waals surface area contributed by atoms with E-state index in [1.807, 2.05) is 18.2 Å². The monoisotopic (exact) mass is 558 g/mol. The maximum atomic E-state index is 14.7. The molecule has 1 fully saturated rings. The highest BCUT2D eigenvalue weighted by Gasteiger charge is 2.18. The number of morpholine rings is 1. The predicted octanol–water partition coefficient (Wildman–Crippen LogP) is 5.88. The van der Waals surface area contributed by atoms with Crippen LogP contribution in [0.15, 0.2) is 79.5 Å². The molecule has 0 bridgehead atoms. The first-order chi connectivity index (χ1) is 19.9. The number of nitrogens with zero attached hydrogens (tertiary/aromatic N) is 3. The first kappa shape index (κ1) is 27.5. The summed E-state index contributed by atoms with van der Waals surface area (Å²) >= 11 is 0. The van der Waals surface area contributed by atoms with Gasteiger partial charge in [-0.15, -0.1) is 0 Å². The molecule has 4 aromatic rings. The molecule has 41 heavy (non-hydrogen) atoms. The molecule has 0 aliphatic carbocycles. The number of ether oxygens (including phenoxy) is 2. The number of methoxy groups -OCH3 is 1. The van der Waals surface area contributed by atoms with E-state index in [-0.39, 0.29) is 11.6 Å². The number of hydrogen-bond acceptors (Lipinski definition) is 8. The quantitative estimate of drug-likeness (QED) is 0.219. The van der Waals surface area contributed by atoms with Crippen molar-refractivity contribution in [2.24, 2.45) is 0 Å². The van der Waals surface area contributed by atoms with Gasteiger partial charge in [-0.2, -0.15) is 0 Å². The van der Waals surface area contributed by atoms with Crippen molar-refractivity contribution in [3.63, 3.8) is 0 Å². The Morgan fingerprint density at radius 2 is 1.78 bits per heavy atom. The molecule has 0 unspecified atom stereocenters. The van der Waals surface area contributed by atoms with Crippen LogP contribution in [0, 0.1) is 11.6 Å². The van der Waals surface area contributed by atoms with E-state index in [1.165, 1.54) is 30.5 Å². The second-order valence-corrected chi connectivity index (χ2v) is 9.12.